The topological polar surface area (TPSA) is 36.3 Å². The number of aryl methyl sites for hydroxylation is 1. The highest BCUT2D eigenvalue weighted by Crippen LogP contribution is 2.23. The molecule has 0 unspecified atom stereocenters. The Balaban J connectivity index is 1.54. The number of ether oxygens (including phenoxy) is 2. The number of hydrogen-bond donors (Lipinski definition) is 0. The Bertz CT molecular complexity index is 753. The lowest BCUT2D eigenvalue weighted by molar-refractivity contribution is 0.342. The number of hydrogen-bond acceptors (Lipinski definition) is 4. The Morgan fingerprint density at radius 2 is 1.77 bits per heavy atom. The van der Waals surface area contributed by atoms with Crippen LogP contribution in [-0.4, -0.2) is 29.0 Å². The molecule has 0 saturated heterocycles. The molecule has 1 heterocycles. The van der Waals surface area contributed by atoms with E-state index in [2.05, 4.69) is 15.6 Å². The summed E-state index contributed by atoms with van der Waals surface area (Å²) in [6.07, 6.45) is 0. The summed E-state index contributed by atoms with van der Waals surface area (Å²) in [7, 11) is 3.70. The Labute approximate surface area is 134 Å². The number of benzene rings is 2. The van der Waals surface area contributed by atoms with Gasteiger partial charge < -0.3 is 14.0 Å². The zero-order chi connectivity index (χ0) is 15.4. The van der Waals surface area contributed by atoms with Gasteiger partial charge >= 0.3 is 0 Å². The summed E-state index contributed by atoms with van der Waals surface area (Å²) in [6.45, 7) is 0.639. The molecule has 0 amide bonds. The summed E-state index contributed by atoms with van der Waals surface area (Å²) >= 11 is 1.70. The Morgan fingerprint density at radius 3 is 2.50 bits per heavy atom. The molecule has 0 spiro atoms. The zero-order valence-corrected chi connectivity index (χ0v) is 13.5. The number of aromatic nitrogens is 2. The van der Waals surface area contributed by atoms with Gasteiger partial charge in [-0.15, -0.1) is 0 Å². The van der Waals surface area contributed by atoms with Crippen LogP contribution in [0.1, 0.15) is 0 Å². The van der Waals surface area contributed by atoms with Crippen LogP contribution in [0.4, 0.5) is 0 Å². The molecule has 0 saturated carbocycles. The number of fused-ring (bicyclic) bond motifs is 1. The number of para-hydroxylation sites is 2. The second-order valence-electron chi connectivity index (χ2n) is 4.81. The van der Waals surface area contributed by atoms with Gasteiger partial charge in [-0.3, -0.25) is 0 Å². The third kappa shape index (κ3) is 3.20. The van der Waals surface area contributed by atoms with Crippen LogP contribution >= 0.6 is 11.8 Å². The standard InChI is InChI=1S/C17H18N2O2S/c1-19-16-6-4-3-5-15(16)18-17(19)22-12-11-21-14-9-7-13(20-2)8-10-14/h3-10H,11-12H2,1-2H3. The minimum absolute atomic E-state index is 0.639. The molecule has 0 atom stereocenters. The van der Waals surface area contributed by atoms with Gasteiger partial charge in [-0.1, -0.05) is 23.9 Å². The van der Waals surface area contributed by atoms with E-state index in [-0.39, 0.29) is 0 Å². The summed E-state index contributed by atoms with van der Waals surface area (Å²) < 4.78 is 13.0. The fourth-order valence-corrected chi connectivity index (χ4v) is 3.02. The molecule has 114 valence electrons. The molecule has 1 aromatic heterocycles. The van der Waals surface area contributed by atoms with Crippen LogP contribution < -0.4 is 9.47 Å². The van der Waals surface area contributed by atoms with E-state index >= 15 is 0 Å². The van der Waals surface area contributed by atoms with E-state index in [4.69, 9.17) is 9.47 Å². The van der Waals surface area contributed by atoms with Gasteiger partial charge in [-0.2, -0.15) is 0 Å². The molecule has 4 nitrogen and oxygen atoms in total. The summed E-state index contributed by atoms with van der Waals surface area (Å²) in [4.78, 5) is 4.63. The Morgan fingerprint density at radius 1 is 1.05 bits per heavy atom. The van der Waals surface area contributed by atoms with E-state index in [0.717, 1.165) is 33.4 Å². The molecule has 0 N–H and O–H groups in total. The maximum absolute atomic E-state index is 5.73. The molecule has 0 aliphatic heterocycles. The van der Waals surface area contributed by atoms with Crippen molar-refractivity contribution in [2.24, 2.45) is 7.05 Å². The van der Waals surface area contributed by atoms with E-state index < -0.39 is 0 Å². The normalized spacial score (nSPS) is 10.8. The van der Waals surface area contributed by atoms with E-state index in [0.29, 0.717) is 6.61 Å². The van der Waals surface area contributed by atoms with Gasteiger partial charge in [0.1, 0.15) is 11.5 Å². The van der Waals surface area contributed by atoms with Crippen molar-refractivity contribution >= 4 is 22.8 Å². The van der Waals surface area contributed by atoms with Gasteiger partial charge in [-0.25, -0.2) is 4.98 Å². The Hall–Kier alpha value is -2.14. The summed E-state index contributed by atoms with van der Waals surface area (Å²) in [5.41, 5.74) is 2.18. The highest BCUT2D eigenvalue weighted by atomic mass is 32.2. The van der Waals surface area contributed by atoms with E-state index in [9.17, 15) is 0 Å². The molecule has 3 aromatic rings. The first kappa shape index (κ1) is 14.8. The lowest BCUT2D eigenvalue weighted by Crippen LogP contribution is -2.01. The lowest BCUT2D eigenvalue weighted by Gasteiger charge is -2.07. The fourth-order valence-electron chi connectivity index (χ4n) is 2.22. The van der Waals surface area contributed by atoms with Gasteiger partial charge in [0.25, 0.3) is 0 Å². The average Bonchev–Trinajstić information content (AvgIpc) is 2.89. The van der Waals surface area contributed by atoms with Crippen LogP contribution in [0.5, 0.6) is 11.5 Å². The second kappa shape index (κ2) is 6.75. The van der Waals surface area contributed by atoms with Crippen molar-refractivity contribution in [2.45, 2.75) is 5.16 Å². The van der Waals surface area contributed by atoms with Gasteiger partial charge in [0.05, 0.1) is 24.8 Å². The van der Waals surface area contributed by atoms with E-state index in [1.165, 1.54) is 0 Å². The van der Waals surface area contributed by atoms with Crippen molar-refractivity contribution in [1.29, 1.82) is 0 Å². The van der Waals surface area contributed by atoms with E-state index in [1.807, 2.05) is 49.5 Å². The number of rotatable bonds is 6. The maximum atomic E-state index is 5.73. The first-order valence-corrected chi connectivity index (χ1v) is 8.07. The van der Waals surface area contributed by atoms with Crippen LogP contribution in [0, 0.1) is 0 Å². The number of nitrogens with zero attached hydrogens (tertiary/aromatic N) is 2. The largest absolute Gasteiger partial charge is 0.497 e. The minimum atomic E-state index is 0.639. The Kier molecular flexibility index (Phi) is 4.53. The van der Waals surface area contributed by atoms with Crippen molar-refractivity contribution in [3.63, 3.8) is 0 Å². The number of imidazole rings is 1. The molecular weight excluding hydrogens is 296 g/mol. The summed E-state index contributed by atoms with van der Waals surface area (Å²) in [5.74, 6) is 2.54. The SMILES string of the molecule is COc1ccc(OCCSc2nc3ccccc3n2C)cc1. The third-order valence-corrected chi connectivity index (χ3v) is 4.38. The van der Waals surface area contributed by atoms with Crippen molar-refractivity contribution in [1.82, 2.24) is 9.55 Å². The summed E-state index contributed by atoms with van der Waals surface area (Å²) in [6, 6.07) is 15.8. The molecule has 2 aromatic carbocycles. The second-order valence-corrected chi connectivity index (χ2v) is 5.88. The molecule has 0 aliphatic rings. The van der Waals surface area contributed by atoms with Crippen molar-refractivity contribution in [3.8, 4) is 11.5 Å². The highest BCUT2D eigenvalue weighted by molar-refractivity contribution is 7.99. The van der Waals surface area contributed by atoms with Crippen molar-refractivity contribution in [3.05, 3.63) is 48.5 Å². The first-order valence-electron chi connectivity index (χ1n) is 7.09. The summed E-state index contributed by atoms with van der Waals surface area (Å²) in [5, 5.41) is 1.01. The highest BCUT2D eigenvalue weighted by Gasteiger charge is 2.07. The molecule has 0 radical (unpaired) electrons. The van der Waals surface area contributed by atoms with Crippen LogP contribution in [0.2, 0.25) is 0 Å². The van der Waals surface area contributed by atoms with Gasteiger partial charge in [-0.05, 0) is 36.4 Å². The number of thioether (sulfide) groups is 1. The van der Waals surface area contributed by atoms with E-state index in [1.54, 1.807) is 18.9 Å². The molecule has 0 aliphatic carbocycles. The molecule has 22 heavy (non-hydrogen) atoms. The third-order valence-electron chi connectivity index (χ3n) is 3.39. The minimum Gasteiger partial charge on any atom is -0.497 e. The molecule has 3 rings (SSSR count). The van der Waals surface area contributed by atoms with Crippen LogP contribution in [-0.2, 0) is 7.05 Å². The quantitative estimate of drug-likeness (QED) is 0.513. The van der Waals surface area contributed by atoms with Gasteiger partial charge in [0.15, 0.2) is 5.16 Å². The van der Waals surface area contributed by atoms with Gasteiger partial charge in [0, 0.05) is 12.8 Å². The smallest absolute Gasteiger partial charge is 0.168 e. The van der Waals surface area contributed by atoms with Crippen molar-refractivity contribution in [2.75, 3.05) is 19.5 Å². The molecule has 5 heteroatoms. The van der Waals surface area contributed by atoms with Crippen molar-refractivity contribution < 1.29 is 9.47 Å². The van der Waals surface area contributed by atoms with Crippen LogP contribution in [0.15, 0.2) is 53.7 Å². The first-order chi connectivity index (χ1) is 10.8. The maximum Gasteiger partial charge on any atom is 0.168 e. The molecular formula is C17H18N2O2S. The average molecular weight is 314 g/mol. The fraction of sp³-hybridized carbons (Fsp3) is 0.235. The molecule has 0 bridgehead atoms. The zero-order valence-electron chi connectivity index (χ0n) is 12.7. The van der Waals surface area contributed by atoms with Gasteiger partial charge in [0.2, 0.25) is 0 Å². The van der Waals surface area contributed by atoms with Crippen LogP contribution in [0.25, 0.3) is 11.0 Å². The predicted molar refractivity (Wildman–Crippen MR) is 89.9 cm³/mol. The molecule has 0 fully saturated rings. The predicted octanol–water partition coefficient (Wildman–Crippen LogP) is 3.75. The lowest BCUT2D eigenvalue weighted by atomic mass is 10.3. The van der Waals surface area contributed by atoms with Crippen LogP contribution in [0.3, 0.4) is 0 Å². The number of methoxy groups -OCH3 is 1. The monoisotopic (exact) mass is 314 g/mol.